The Labute approximate surface area is 101 Å². The molecular weight excluding hydrogens is 216 g/mol. The Morgan fingerprint density at radius 1 is 1.12 bits per heavy atom. The van der Waals surface area contributed by atoms with E-state index in [-0.39, 0.29) is 0 Å². The first kappa shape index (κ1) is 12.1. The molecule has 17 heavy (non-hydrogen) atoms. The maximum atomic E-state index is 11.1. The number of aliphatic carboxylic acids is 1. The average molecular weight is 234 g/mol. The second kappa shape index (κ2) is 4.88. The number of hydrogen-bond donors (Lipinski definition) is 2. The molecule has 3 heteroatoms. The van der Waals surface area contributed by atoms with Gasteiger partial charge in [0.15, 0.2) is 6.10 Å². The van der Waals surface area contributed by atoms with Crippen molar-refractivity contribution in [3.05, 3.63) is 35.9 Å². The van der Waals surface area contributed by atoms with E-state index in [9.17, 15) is 9.90 Å². The standard InChI is InChI=1S/C14H18O3/c15-12(13(16)17)14(9-5-2-6-10-14)11-7-3-1-4-8-11/h1,3-4,7-8,12,15H,2,5-6,9-10H2,(H,16,17). The van der Waals surface area contributed by atoms with Gasteiger partial charge in [-0.15, -0.1) is 0 Å². The Hall–Kier alpha value is -1.35. The molecule has 0 aromatic heterocycles. The Balaban J connectivity index is 2.39. The zero-order chi connectivity index (χ0) is 12.3. The Bertz CT molecular complexity index is 380. The molecule has 1 atom stereocenters. The number of aliphatic hydroxyl groups excluding tert-OH is 1. The summed E-state index contributed by atoms with van der Waals surface area (Å²) in [6.45, 7) is 0. The van der Waals surface area contributed by atoms with Crippen LogP contribution in [0.2, 0.25) is 0 Å². The summed E-state index contributed by atoms with van der Waals surface area (Å²) in [6.07, 6.45) is 3.30. The summed E-state index contributed by atoms with van der Waals surface area (Å²) in [5.41, 5.74) is 0.361. The van der Waals surface area contributed by atoms with Crippen molar-refractivity contribution >= 4 is 5.97 Å². The highest BCUT2D eigenvalue weighted by atomic mass is 16.4. The largest absolute Gasteiger partial charge is 0.479 e. The van der Waals surface area contributed by atoms with Crippen LogP contribution >= 0.6 is 0 Å². The molecule has 0 bridgehead atoms. The summed E-state index contributed by atoms with van der Waals surface area (Å²) in [5, 5.41) is 19.2. The van der Waals surface area contributed by atoms with Gasteiger partial charge in [-0.25, -0.2) is 4.79 Å². The molecule has 1 aromatic carbocycles. The first-order chi connectivity index (χ1) is 8.17. The molecule has 1 aliphatic rings. The smallest absolute Gasteiger partial charge is 0.333 e. The van der Waals surface area contributed by atoms with Gasteiger partial charge in [-0.2, -0.15) is 0 Å². The molecule has 1 aromatic rings. The number of hydrogen-bond acceptors (Lipinski definition) is 2. The molecule has 1 fully saturated rings. The third-order valence-electron chi connectivity index (χ3n) is 3.85. The van der Waals surface area contributed by atoms with Crippen LogP contribution in [0, 0.1) is 0 Å². The van der Waals surface area contributed by atoms with E-state index in [0.717, 1.165) is 37.7 Å². The number of carbonyl (C=O) groups is 1. The predicted octanol–water partition coefficient (Wildman–Crippen LogP) is 2.33. The third-order valence-corrected chi connectivity index (χ3v) is 3.85. The minimum Gasteiger partial charge on any atom is -0.479 e. The lowest BCUT2D eigenvalue weighted by molar-refractivity contribution is -0.152. The molecule has 0 saturated heterocycles. The zero-order valence-corrected chi connectivity index (χ0v) is 9.80. The van der Waals surface area contributed by atoms with E-state index in [1.807, 2.05) is 30.3 Å². The lowest BCUT2D eigenvalue weighted by Gasteiger charge is -2.39. The molecule has 0 heterocycles. The maximum absolute atomic E-state index is 11.1. The van der Waals surface area contributed by atoms with Crippen LogP contribution in [-0.2, 0) is 10.2 Å². The van der Waals surface area contributed by atoms with Crippen molar-refractivity contribution in [1.82, 2.24) is 0 Å². The number of aliphatic hydroxyl groups is 1. The van der Waals surface area contributed by atoms with Gasteiger partial charge in [-0.1, -0.05) is 49.6 Å². The molecular formula is C14H18O3. The van der Waals surface area contributed by atoms with Gasteiger partial charge in [-0.3, -0.25) is 0 Å². The molecule has 1 aliphatic carbocycles. The highest BCUT2D eigenvalue weighted by molar-refractivity contribution is 5.74. The van der Waals surface area contributed by atoms with Gasteiger partial charge >= 0.3 is 5.97 Å². The molecule has 0 radical (unpaired) electrons. The van der Waals surface area contributed by atoms with E-state index in [1.54, 1.807) is 0 Å². The number of carboxylic acids is 1. The van der Waals surface area contributed by atoms with Crippen LogP contribution in [0.15, 0.2) is 30.3 Å². The number of benzene rings is 1. The van der Waals surface area contributed by atoms with Crippen molar-refractivity contribution in [1.29, 1.82) is 0 Å². The van der Waals surface area contributed by atoms with Crippen LogP contribution in [0.4, 0.5) is 0 Å². The second-order valence-corrected chi connectivity index (χ2v) is 4.82. The van der Waals surface area contributed by atoms with Gasteiger partial charge < -0.3 is 10.2 Å². The quantitative estimate of drug-likeness (QED) is 0.844. The zero-order valence-electron chi connectivity index (χ0n) is 9.80. The number of carboxylic acid groups (broad SMARTS) is 1. The Morgan fingerprint density at radius 2 is 1.71 bits per heavy atom. The molecule has 3 nitrogen and oxygen atoms in total. The summed E-state index contributed by atoms with van der Waals surface area (Å²) in [6, 6.07) is 9.57. The van der Waals surface area contributed by atoms with Crippen LogP contribution in [0.5, 0.6) is 0 Å². The van der Waals surface area contributed by atoms with E-state index in [0.29, 0.717) is 0 Å². The van der Waals surface area contributed by atoms with E-state index in [2.05, 4.69) is 0 Å². The maximum Gasteiger partial charge on any atom is 0.333 e. The highest BCUT2D eigenvalue weighted by Crippen LogP contribution is 2.42. The highest BCUT2D eigenvalue weighted by Gasteiger charge is 2.44. The summed E-state index contributed by atoms with van der Waals surface area (Å²) in [5.74, 6) is -1.12. The summed E-state index contributed by atoms with van der Waals surface area (Å²) < 4.78 is 0. The van der Waals surface area contributed by atoms with Gasteiger partial charge in [0.1, 0.15) is 0 Å². The molecule has 92 valence electrons. The summed E-state index contributed by atoms with van der Waals surface area (Å²) in [4.78, 5) is 11.1. The lowest BCUT2D eigenvalue weighted by Crippen LogP contribution is -2.46. The topological polar surface area (TPSA) is 57.5 Å². The third kappa shape index (κ3) is 2.20. The molecule has 0 amide bonds. The van der Waals surface area contributed by atoms with Crippen LogP contribution in [-0.4, -0.2) is 22.3 Å². The van der Waals surface area contributed by atoms with Gasteiger partial charge in [0.2, 0.25) is 0 Å². The fourth-order valence-electron chi connectivity index (χ4n) is 2.91. The van der Waals surface area contributed by atoms with Gasteiger partial charge in [-0.05, 0) is 18.4 Å². The Kier molecular flexibility index (Phi) is 3.48. The molecule has 2 rings (SSSR count). The average Bonchev–Trinajstić information content (AvgIpc) is 2.39. The van der Waals surface area contributed by atoms with E-state index in [1.165, 1.54) is 0 Å². The second-order valence-electron chi connectivity index (χ2n) is 4.82. The van der Waals surface area contributed by atoms with Crippen LogP contribution < -0.4 is 0 Å². The predicted molar refractivity (Wildman–Crippen MR) is 64.8 cm³/mol. The van der Waals surface area contributed by atoms with Crippen LogP contribution in [0.1, 0.15) is 37.7 Å². The monoisotopic (exact) mass is 234 g/mol. The summed E-state index contributed by atoms with van der Waals surface area (Å²) >= 11 is 0. The van der Waals surface area contributed by atoms with Crippen molar-refractivity contribution in [2.24, 2.45) is 0 Å². The molecule has 2 N–H and O–H groups in total. The molecule has 1 unspecified atom stereocenters. The van der Waals surface area contributed by atoms with E-state index >= 15 is 0 Å². The van der Waals surface area contributed by atoms with Gasteiger partial charge in [0.25, 0.3) is 0 Å². The minimum atomic E-state index is -1.30. The first-order valence-electron chi connectivity index (χ1n) is 6.13. The van der Waals surface area contributed by atoms with E-state index < -0.39 is 17.5 Å². The van der Waals surface area contributed by atoms with Crippen molar-refractivity contribution < 1.29 is 15.0 Å². The number of rotatable bonds is 3. The van der Waals surface area contributed by atoms with Crippen molar-refractivity contribution in [3.63, 3.8) is 0 Å². The van der Waals surface area contributed by atoms with Crippen LogP contribution in [0.25, 0.3) is 0 Å². The fraction of sp³-hybridized carbons (Fsp3) is 0.500. The molecule has 1 saturated carbocycles. The van der Waals surface area contributed by atoms with Crippen molar-refractivity contribution in [2.45, 2.75) is 43.6 Å². The molecule has 0 aliphatic heterocycles. The lowest BCUT2D eigenvalue weighted by atomic mass is 9.66. The fourth-order valence-corrected chi connectivity index (χ4v) is 2.91. The van der Waals surface area contributed by atoms with Gasteiger partial charge in [0, 0.05) is 5.41 Å². The van der Waals surface area contributed by atoms with Crippen molar-refractivity contribution in [2.75, 3.05) is 0 Å². The Morgan fingerprint density at radius 3 is 2.24 bits per heavy atom. The van der Waals surface area contributed by atoms with Crippen LogP contribution in [0.3, 0.4) is 0 Å². The van der Waals surface area contributed by atoms with E-state index in [4.69, 9.17) is 5.11 Å². The first-order valence-corrected chi connectivity index (χ1v) is 6.13. The summed E-state index contributed by atoms with van der Waals surface area (Å²) in [7, 11) is 0. The molecule has 0 spiro atoms. The normalized spacial score (nSPS) is 20.8. The van der Waals surface area contributed by atoms with Gasteiger partial charge in [0.05, 0.1) is 0 Å². The van der Waals surface area contributed by atoms with Crippen molar-refractivity contribution in [3.8, 4) is 0 Å². The SMILES string of the molecule is O=C(O)C(O)C1(c2ccccc2)CCCCC1. The minimum absolute atomic E-state index is 0.592.